The molecule has 31 heavy (non-hydrogen) atoms. The molecule has 1 aromatic heterocycles. The van der Waals surface area contributed by atoms with Gasteiger partial charge >= 0.3 is 5.51 Å². The van der Waals surface area contributed by atoms with Crippen LogP contribution in [0, 0.1) is 0 Å². The molecule has 0 atom stereocenters. The summed E-state index contributed by atoms with van der Waals surface area (Å²) in [5, 5.41) is 4.34. The molecule has 1 aliphatic rings. The first-order valence-corrected chi connectivity index (χ1v) is 11.8. The van der Waals surface area contributed by atoms with Gasteiger partial charge in [0.05, 0.1) is 5.69 Å². The van der Waals surface area contributed by atoms with Crippen molar-refractivity contribution in [3.63, 3.8) is 0 Å². The molecule has 2 heterocycles. The topological polar surface area (TPSA) is 52.0 Å². The van der Waals surface area contributed by atoms with Gasteiger partial charge in [0.1, 0.15) is 10.6 Å². The van der Waals surface area contributed by atoms with Gasteiger partial charge in [0.25, 0.3) is 9.84 Å². The molecule has 0 N–H and O–H groups in total. The number of unbranched alkanes of at least 4 members (excludes halogenated alkanes) is 2. The number of benzene rings is 2. The lowest BCUT2D eigenvalue weighted by Crippen LogP contribution is -2.24. The minimum absolute atomic E-state index is 0.0150. The Labute approximate surface area is 179 Å². The van der Waals surface area contributed by atoms with E-state index in [1.54, 1.807) is 36.4 Å². The van der Waals surface area contributed by atoms with E-state index in [4.69, 9.17) is 0 Å². The SMILES string of the molecule is CCCCCc1ccc(-c2nn3c(c2S(=O)(=O)C(F)(F)F)-c2ccccc2CC3)cc1. The zero-order valence-corrected chi connectivity index (χ0v) is 17.9. The Morgan fingerprint density at radius 1 is 1.03 bits per heavy atom. The largest absolute Gasteiger partial charge is 0.502 e. The fourth-order valence-electron chi connectivity index (χ4n) is 4.03. The first-order chi connectivity index (χ1) is 14.7. The van der Waals surface area contributed by atoms with E-state index < -0.39 is 20.2 Å². The van der Waals surface area contributed by atoms with Crippen LogP contribution in [0.15, 0.2) is 53.4 Å². The van der Waals surface area contributed by atoms with Crippen molar-refractivity contribution >= 4 is 9.84 Å². The number of hydrogen-bond donors (Lipinski definition) is 0. The predicted octanol–water partition coefficient (Wildman–Crippen LogP) is 5.80. The number of sulfone groups is 1. The maximum absolute atomic E-state index is 13.7. The molecule has 0 aliphatic carbocycles. The molecule has 8 heteroatoms. The average molecular weight is 449 g/mol. The highest BCUT2D eigenvalue weighted by Crippen LogP contribution is 2.44. The van der Waals surface area contributed by atoms with Crippen LogP contribution in [0.3, 0.4) is 0 Å². The van der Waals surface area contributed by atoms with Crippen LogP contribution in [0.4, 0.5) is 13.2 Å². The van der Waals surface area contributed by atoms with Crippen molar-refractivity contribution in [2.75, 3.05) is 0 Å². The van der Waals surface area contributed by atoms with Crippen molar-refractivity contribution in [2.45, 2.75) is 56.0 Å². The number of nitrogens with zero attached hydrogens (tertiary/aromatic N) is 2. The van der Waals surface area contributed by atoms with Crippen molar-refractivity contribution < 1.29 is 21.6 Å². The smallest absolute Gasteiger partial charge is 0.263 e. The minimum Gasteiger partial charge on any atom is -0.263 e. The number of halogens is 3. The molecule has 0 bridgehead atoms. The molecule has 164 valence electrons. The second-order valence-electron chi connectivity index (χ2n) is 7.76. The normalized spacial score (nSPS) is 13.7. The molecule has 0 amide bonds. The van der Waals surface area contributed by atoms with Gasteiger partial charge in [-0.3, -0.25) is 4.68 Å². The lowest BCUT2D eigenvalue weighted by Gasteiger charge is -2.19. The standard InChI is InChI=1S/C23H23F3N2O2S/c1-2-3-4-7-16-10-12-18(13-11-16)20-22(31(29,30)23(24,25)26)21-19-9-6-5-8-17(19)14-15-28(21)27-20/h5-6,8-13H,2-4,7,14-15H2,1H3. The van der Waals surface area contributed by atoms with E-state index in [2.05, 4.69) is 12.0 Å². The monoisotopic (exact) mass is 448 g/mol. The number of alkyl halides is 3. The van der Waals surface area contributed by atoms with Gasteiger partial charge in [-0.2, -0.15) is 18.3 Å². The summed E-state index contributed by atoms with van der Waals surface area (Å²) < 4.78 is 67.7. The van der Waals surface area contributed by atoms with E-state index in [9.17, 15) is 21.6 Å². The first-order valence-electron chi connectivity index (χ1n) is 10.3. The number of rotatable bonds is 6. The van der Waals surface area contributed by atoms with E-state index in [0.29, 0.717) is 24.1 Å². The van der Waals surface area contributed by atoms with Crippen LogP contribution in [-0.4, -0.2) is 23.7 Å². The van der Waals surface area contributed by atoms with Crippen molar-refractivity contribution in [2.24, 2.45) is 0 Å². The molecule has 4 nitrogen and oxygen atoms in total. The molecule has 0 saturated carbocycles. The molecule has 0 fully saturated rings. The summed E-state index contributed by atoms with van der Waals surface area (Å²) in [5.41, 5.74) is -2.84. The summed E-state index contributed by atoms with van der Waals surface area (Å²) in [6.07, 6.45) is 4.67. The Morgan fingerprint density at radius 2 is 1.74 bits per heavy atom. The van der Waals surface area contributed by atoms with E-state index in [1.165, 1.54) is 4.68 Å². The Bertz CT molecular complexity index is 1200. The molecule has 0 spiro atoms. The molecule has 0 unspecified atom stereocenters. The maximum atomic E-state index is 13.7. The van der Waals surface area contributed by atoms with Crippen molar-refractivity contribution in [3.8, 4) is 22.5 Å². The molecule has 2 aromatic carbocycles. The second-order valence-corrected chi connectivity index (χ2v) is 9.64. The quantitative estimate of drug-likeness (QED) is 0.448. The Kier molecular flexibility index (Phi) is 5.68. The lowest BCUT2D eigenvalue weighted by atomic mass is 9.98. The summed E-state index contributed by atoms with van der Waals surface area (Å²) in [5.74, 6) is 0. The summed E-state index contributed by atoms with van der Waals surface area (Å²) in [7, 11) is -5.61. The first kappa shape index (κ1) is 21.6. The maximum Gasteiger partial charge on any atom is 0.502 e. The lowest BCUT2D eigenvalue weighted by molar-refractivity contribution is -0.0435. The highest BCUT2D eigenvalue weighted by atomic mass is 32.2. The van der Waals surface area contributed by atoms with E-state index in [1.807, 2.05) is 12.1 Å². The van der Waals surface area contributed by atoms with Gasteiger partial charge in [-0.05, 0) is 30.4 Å². The van der Waals surface area contributed by atoms with E-state index in [0.717, 1.165) is 36.8 Å². The molecule has 0 saturated heterocycles. The molecule has 0 radical (unpaired) electrons. The minimum atomic E-state index is -5.61. The van der Waals surface area contributed by atoms with Crippen LogP contribution < -0.4 is 0 Å². The summed E-state index contributed by atoms with van der Waals surface area (Å²) >= 11 is 0. The van der Waals surface area contributed by atoms with Crippen LogP contribution in [0.2, 0.25) is 0 Å². The summed E-state index contributed by atoms with van der Waals surface area (Å²) in [4.78, 5) is -0.758. The molecule has 3 aromatic rings. The molecule has 1 aliphatic heterocycles. The highest BCUT2D eigenvalue weighted by Gasteiger charge is 2.51. The molecular weight excluding hydrogens is 425 g/mol. The van der Waals surface area contributed by atoms with Crippen LogP contribution in [0.25, 0.3) is 22.5 Å². The summed E-state index contributed by atoms with van der Waals surface area (Å²) in [6.45, 7) is 2.44. The Balaban J connectivity index is 1.88. The summed E-state index contributed by atoms with van der Waals surface area (Å²) in [6, 6.07) is 13.9. The van der Waals surface area contributed by atoms with Crippen LogP contribution in [-0.2, 0) is 29.2 Å². The van der Waals surface area contributed by atoms with Gasteiger partial charge in [-0.25, -0.2) is 8.42 Å². The van der Waals surface area contributed by atoms with Crippen molar-refractivity contribution in [3.05, 3.63) is 59.7 Å². The van der Waals surface area contributed by atoms with Crippen molar-refractivity contribution in [1.82, 2.24) is 9.78 Å². The van der Waals surface area contributed by atoms with Gasteiger partial charge in [-0.15, -0.1) is 0 Å². The zero-order chi connectivity index (χ0) is 22.2. The van der Waals surface area contributed by atoms with Gasteiger partial charge in [0.2, 0.25) is 0 Å². The van der Waals surface area contributed by atoms with Crippen molar-refractivity contribution in [1.29, 1.82) is 0 Å². The number of aryl methyl sites for hydroxylation is 3. The highest BCUT2D eigenvalue weighted by molar-refractivity contribution is 7.92. The average Bonchev–Trinajstić information content (AvgIpc) is 3.14. The third-order valence-electron chi connectivity index (χ3n) is 5.64. The second kappa shape index (κ2) is 8.15. The fourth-order valence-corrected chi connectivity index (χ4v) is 5.15. The number of hydrogen-bond acceptors (Lipinski definition) is 3. The number of fused-ring (bicyclic) bond motifs is 3. The van der Waals surface area contributed by atoms with Crippen LogP contribution >= 0.6 is 0 Å². The van der Waals surface area contributed by atoms with E-state index >= 15 is 0 Å². The Morgan fingerprint density at radius 3 is 2.42 bits per heavy atom. The van der Waals surface area contributed by atoms with Crippen LogP contribution in [0.1, 0.15) is 37.3 Å². The fraction of sp³-hybridized carbons (Fsp3) is 0.348. The zero-order valence-electron chi connectivity index (χ0n) is 17.1. The van der Waals surface area contributed by atoms with Gasteiger partial charge < -0.3 is 0 Å². The molecular formula is C23H23F3N2O2S. The van der Waals surface area contributed by atoms with Gasteiger partial charge in [0.15, 0.2) is 0 Å². The number of aromatic nitrogens is 2. The third-order valence-corrected chi connectivity index (χ3v) is 7.18. The predicted molar refractivity (Wildman–Crippen MR) is 113 cm³/mol. The molecule has 4 rings (SSSR count). The Hall–Kier alpha value is -2.61. The van der Waals surface area contributed by atoms with E-state index in [-0.39, 0.29) is 11.4 Å². The van der Waals surface area contributed by atoms with Crippen LogP contribution in [0.5, 0.6) is 0 Å². The van der Waals surface area contributed by atoms with Gasteiger partial charge in [-0.1, -0.05) is 68.3 Å². The van der Waals surface area contributed by atoms with Gasteiger partial charge in [0, 0.05) is 17.7 Å². The third kappa shape index (κ3) is 3.89.